The van der Waals surface area contributed by atoms with Crippen LogP contribution in [0, 0.1) is 12.3 Å². The molecule has 0 radical (unpaired) electrons. The second kappa shape index (κ2) is 6.41. The molecular weight excluding hydrogens is 264 g/mol. The third-order valence-corrected chi connectivity index (χ3v) is 4.02. The zero-order valence-electron chi connectivity index (χ0n) is 13.6. The van der Waals surface area contributed by atoms with Crippen LogP contribution >= 0.6 is 0 Å². The average molecular weight is 290 g/mol. The van der Waals surface area contributed by atoms with E-state index in [1.807, 2.05) is 24.8 Å². The van der Waals surface area contributed by atoms with Gasteiger partial charge < -0.3 is 10.2 Å². The second-order valence-corrected chi connectivity index (χ2v) is 6.57. The molecule has 1 aromatic rings. The number of nitrogens with zero attached hydrogens (tertiary/aromatic N) is 3. The van der Waals surface area contributed by atoms with Gasteiger partial charge in [-0.2, -0.15) is 0 Å². The van der Waals surface area contributed by atoms with Gasteiger partial charge in [0.1, 0.15) is 11.6 Å². The number of aryl methyl sites for hydroxylation is 1. The molecule has 0 aliphatic carbocycles. The number of nitrogens with one attached hydrogen (secondary N) is 1. The van der Waals surface area contributed by atoms with E-state index in [2.05, 4.69) is 29.1 Å². The Morgan fingerprint density at radius 3 is 2.81 bits per heavy atom. The fourth-order valence-corrected chi connectivity index (χ4v) is 2.60. The summed E-state index contributed by atoms with van der Waals surface area (Å²) in [6.45, 7) is 10.6. The molecule has 0 spiro atoms. The van der Waals surface area contributed by atoms with Gasteiger partial charge in [0.25, 0.3) is 0 Å². The van der Waals surface area contributed by atoms with Crippen molar-refractivity contribution >= 4 is 11.7 Å². The van der Waals surface area contributed by atoms with Crippen LogP contribution in [0.25, 0.3) is 0 Å². The number of anilines is 1. The first-order valence-electron chi connectivity index (χ1n) is 7.76. The predicted octanol–water partition coefficient (Wildman–Crippen LogP) is 2.76. The van der Waals surface area contributed by atoms with Crippen molar-refractivity contribution in [3.63, 3.8) is 0 Å². The Kier molecular flexibility index (Phi) is 4.80. The minimum absolute atomic E-state index is 0.218. The zero-order valence-corrected chi connectivity index (χ0v) is 13.6. The fourth-order valence-electron chi connectivity index (χ4n) is 2.60. The number of carbonyl (C=O) groups is 1. The van der Waals surface area contributed by atoms with Crippen molar-refractivity contribution in [3.8, 4) is 0 Å². The molecule has 1 N–H and O–H groups in total. The van der Waals surface area contributed by atoms with Gasteiger partial charge in [0.15, 0.2) is 0 Å². The third kappa shape index (κ3) is 4.41. The molecule has 0 unspecified atom stereocenters. The minimum Gasteiger partial charge on any atom is -0.370 e. The van der Waals surface area contributed by atoms with E-state index >= 15 is 0 Å². The van der Waals surface area contributed by atoms with E-state index in [9.17, 15) is 4.79 Å². The van der Waals surface area contributed by atoms with Gasteiger partial charge >= 0.3 is 0 Å². The molecule has 1 aliphatic rings. The van der Waals surface area contributed by atoms with Crippen LogP contribution in [-0.2, 0) is 11.3 Å². The van der Waals surface area contributed by atoms with Crippen molar-refractivity contribution in [2.24, 2.45) is 5.41 Å². The van der Waals surface area contributed by atoms with E-state index in [4.69, 9.17) is 0 Å². The van der Waals surface area contributed by atoms with Gasteiger partial charge in [-0.1, -0.05) is 13.8 Å². The summed E-state index contributed by atoms with van der Waals surface area (Å²) in [6.07, 6.45) is 2.61. The van der Waals surface area contributed by atoms with E-state index in [1.54, 1.807) is 0 Å². The van der Waals surface area contributed by atoms with Gasteiger partial charge in [0.2, 0.25) is 5.91 Å². The van der Waals surface area contributed by atoms with Gasteiger partial charge in [0.05, 0.1) is 6.54 Å². The van der Waals surface area contributed by atoms with Crippen LogP contribution in [0.15, 0.2) is 6.07 Å². The summed E-state index contributed by atoms with van der Waals surface area (Å²) >= 11 is 0. The smallest absolute Gasteiger partial charge is 0.222 e. The molecule has 1 aromatic heterocycles. The summed E-state index contributed by atoms with van der Waals surface area (Å²) < 4.78 is 0. The van der Waals surface area contributed by atoms with E-state index in [1.165, 1.54) is 0 Å². The third-order valence-electron chi connectivity index (χ3n) is 4.02. The van der Waals surface area contributed by atoms with Crippen molar-refractivity contribution in [1.29, 1.82) is 0 Å². The molecule has 1 saturated heterocycles. The average Bonchev–Trinajstić information content (AvgIpc) is 2.52. The molecule has 0 bridgehead atoms. The number of carbonyl (C=O) groups excluding carboxylic acids is 1. The van der Waals surface area contributed by atoms with Crippen LogP contribution in [0.1, 0.15) is 51.6 Å². The highest BCUT2D eigenvalue weighted by Gasteiger charge is 2.27. The summed E-state index contributed by atoms with van der Waals surface area (Å²) in [5.41, 5.74) is 1.17. The summed E-state index contributed by atoms with van der Waals surface area (Å²) in [6, 6.07) is 1.93. The Morgan fingerprint density at radius 2 is 2.10 bits per heavy atom. The molecule has 1 amide bonds. The number of hydrogen-bond acceptors (Lipinski definition) is 4. The molecule has 0 saturated carbocycles. The van der Waals surface area contributed by atoms with Crippen LogP contribution in [0.3, 0.4) is 0 Å². The van der Waals surface area contributed by atoms with Gasteiger partial charge in [-0.05, 0) is 32.1 Å². The van der Waals surface area contributed by atoms with E-state index in [-0.39, 0.29) is 11.3 Å². The Hall–Kier alpha value is -1.65. The Balaban J connectivity index is 2.11. The highest BCUT2D eigenvalue weighted by Crippen LogP contribution is 2.30. The van der Waals surface area contributed by atoms with Crippen molar-refractivity contribution in [1.82, 2.24) is 14.9 Å². The topological polar surface area (TPSA) is 58.1 Å². The predicted molar refractivity (Wildman–Crippen MR) is 84.0 cm³/mol. The molecule has 21 heavy (non-hydrogen) atoms. The largest absolute Gasteiger partial charge is 0.370 e. The number of amides is 1. The van der Waals surface area contributed by atoms with Gasteiger partial charge in [-0.15, -0.1) is 0 Å². The normalized spacial score (nSPS) is 18.5. The number of hydrogen-bond donors (Lipinski definition) is 1. The molecule has 2 heterocycles. The monoisotopic (exact) mass is 290 g/mol. The first-order chi connectivity index (χ1) is 9.89. The summed E-state index contributed by atoms with van der Waals surface area (Å²) in [7, 11) is 0. The van der Waals surface area contributed by atoms with Gasteiger partial charge in [0, 0.05) is 31.3 Å². The molecule has 5 nitrogen and oxygen atoms in total. The lowest BCUT2D eigenvalue weighted by atomic mass is 9.85. The molecule has 0 aromatic carbocycles. The first-order valence-corrected chi connectivity index (χ1v) is 7.76. The van der Waals surface area contributed by atoms with Gasteiger partial charge in [-0.3, -0.25) is 4.79 Å². The van der Waals surface area contributed by atoms with Crippen LogP contribution in [0.5, 0.6) is 0 Å². The SMILES string of the molecule is CCNc1cc(C)nc(CN2CCC(C)(C)CCC2=O)n1. The molecule has 2 rings (SSSR count). The lowest BCUT2D eigenvalue weighted by Crippen LogP contribution is -2.31. The molecule has 1 aliphatic heterocycles. The zero-order chi connectivity index (χ0) is 15.5. The molecule has 0 atom stereocenters. The van der Waals surface area contributed by atoms with E-state index < -0.39 is 0 Å². The summed E-state index contributed by atoms with van der Waals surface area (Å²) in [4.78, 5) is 23.1. The van der Waals surface area contributed by atoms with Crippen molar-refractivity contribution in [3.05, 3.63) is 17.6 Å². The highest BCUT2D eigenvalue weighted by molar-refractivity contribution is 5.76. The van der Waals surface area contributed by atoms with Crippen LogP contribution in [-0.4, -0.2) is 33.9 Å². The minimum atomic E-state index is 0.218. The Labute approximate surface area is 127 Å². The molecule has 116 valence electrons. The standard InChI is InChI=1S/C16H26N4O/c1-5-17-13-10-12(2)18-14(19-13)11-20-9-8-16(3,4)7-6-15(20)21/h10H,5-9,11H2,1-4H3,(H,17,18,19). The summed E-state index contributed by atoms with van der Waals surface area (Å²) in [5.74, 6) is 1.78. The number of likely N-dealkylation sites (tertiary alicyclic amines) is 1. The van der Waals surface area contributed by atoms with Crippen molar-refractivity contribution in [2.75, 3.05) is 18.4 Å². The van der Waals surface area contributed by atoms with Crippen molar-refractivity contribution < 1.29 is 4.79 Å². The number of aromatic nitrogens is 2. The van der Waals surface area contributed by atoms with E-state index in [0.717, 1.165) is 43.3 Å². The van der Waals surface area contributed by atoms with Crippen LogP contribution in [0.4, 0.5) is 5.82 Å². The quantitative estimate of drug-likeness (QED) is 0.926. The number of rotatable bonds is 4. The lowest BCUT2D eigenvalue weighted by molar-refractivity contribution is -0.131. The lowest BCUT2D eigenvalue weighted by Gasteiger charge is -2.23. The Morgan fingerprint density at radius 1 is 1.33 bits per heavy atom. The maximum absolute atomic E-state index is 12.3. The van der Waals surface area contributed by atoms with Crippen LogP contribution < -0.4 is 5.32 Å². The molecule has 5 heteroatoms. The second-order valence-electron chi connectivity index (χ2n) is 6.57. The van der Waals surface area contributed by atoms with E-state index in [0.29, 0.717) is 13.0 Å². The molecular formula is C16H26N4O. The maximum Gasteiger partial charge on any atom is 0.222 e. The van der Waals surface area contributed by atoms with Gasteiger partial charge in [-0.25, -0.2) is 9.97 Å². The van der Waals surface area contributed by atoms with Crippen LogP contribution in [0.2, 0.25) is 0 Å². The Bertz CT molecular complexity index is 513. The first kappa shape index (κ1) is 15.7. The molecule has 1 fully saturated rings. The fraction of sp³-hybridized carbons (Fsp3) is 0.688. The highest BCUT2D eigenvalue weighted by atomic mass is 16.2. The maximum atomic E-state index is 12.3. The summed E-state index contributed by atoms with van der Waals surface area (Å²) in [5, 5.41) is 3.21. The van der Waals surface area contributed by atoms with Crippen molar-refractivity contribution in [2.45, 2.75) is 53.5 Å².